The summed E-state index contributed by atoms with van der Waals surface area (Å²) in [5.74, 6) is -2.27. The van der Waals surface area contributed by atoms with Crippen molar-refractivity contribution in [2.75, 3.05) is 53.5 Å². The Hall–Kier alpha value is -3.88. The molecule has 0 saturated carbocycles. The lowest BCUT2D eigenvalue weighted by molar-refractivity contribution is -0.129. The van der Waals surface area contributed by atoms with Gasteiger partial charge in [-0.2, -0.15) is 0 Å². The Labute approximate surface area is 214 Å². The summed E-state index contributed by atoms with van der Waals surface area (Å²) in [5, 5.41) is 9.44. The Morgan fingerprint density at radius 2 is 1.73 bits per heavy atom. The standard InChI is InChI=1S/C23H27N5O8S/c1-33-17-4-3-15(13-18(17)34-2)21(31)27-23-26-16(14-37(23)35-19(29)5-6-20(30)36-37)22(32)25-9-12-28-10-7-24-8-11-28/h3-6,13-14,24H,7-12H2,1-2H3,(H,25,32)(H,26,27,31). The number of methoxy groups -OCH3 is 2. The van der Waals surface area contributed by atoms with Gasteiger partial charge in [0.2, 0.25) is 5.17 Å². The number of nitrogens with one attached hydrogen (secondary N) is 3. The van der Waals surface area contributed by atoms with Crippen LogP contribution in [-0.4, -0.2) is 87.3 Å². The number of carbonyl (C=O) groups excluding carboxylic acids is 4. The highest BCUT2D eigenvalue weighted by Gasteiger charge is 2.41. The van der Waals surface area contributed by atoms with E-state index in [2.05, 4.69) is 25.8 Å². The van der Waals surface area contributed by atoms with Crippen LogP contribution in [0.4, 0.5) is 0 Å². The van der Waals surface area contributed by atoms with Gasteiger partial charge in [-0.3, -0.25) is 19.8 Å². The van der Waals surface area contributed by atoms with Gasteiger partial charge in [0.15, 0.2) is 11.5 Å². The van der Waals surface area contributed by atoms with Crippen molar-refractivity contribution < 1.29 is 37.0 Å². The summed E-state index contributed by atoms with van der Waals surface area (Å²) in [6.45, 7) is 4.48. The second-order valence-corrected chi connectivity index (χ2v) is 10.0. The molecular formula is C23H27N5O8S. The fraction of sp³-hybridized carbons (Fsp3) is 0.348. The van der Waals surface area contributed by atoms with Gasteiger partial charge in [-0.25, -0.2) is 14.6 Å². The highest BCUT2D eigenvalue weighted by atomic mass is 32.3. The molecule has 2 amide bonds. The number of hydrogen-bond acceptors (Lipinski definition) is 11. The molecule has 0 aromatic heterocycles. The number of nitrogens with zero attached hydrogens (tertiary/aromatic N) is 2. The number of carbonyl (C=O) groups is 4. The van der Waals surface area contributed by atoms with Crippen LogP contribution in [0.3, 0.4) is 0 Å². The quantitative estimate of drug-likeness (QED) is 0.434. The molecule has 1 aromatic rings. The first-order valence-corrected chi connectivity index (χ1v) is 12.9. The minimum Gasteiger partial charge on any atom is -0.493 e. The van der Waals surface area contributed by atoms with E-state index in [0.29, 0.717) is 24.6 Å². The van der Waals surface area contributed by atoms with Gasteiger partial charge in [0.05, 0.1) is 19.6 Å². The first kappa shape index (κ1) is 26.2. The van der Waals surface area contributed by atoms with E-state index >= 15 is 0 Å². The van der Waals surface area contributed by atoms with Crippen LogP contribution in [-0.2, 0) is 22.7 Å². The molecule has 13 nitrogen and oxygen atoms in total. The topological polar surface area (TPSA) is 157 Å². The number of rotatable bonds is 7. The molecule has 0 radical (unpaired) electrons. The van der Waals surface area contributed by atoms with Crippen molar-refractivity contribution in [3.05, 3.63) is 47.0 Å². The Kier molecular flexibility index (Phi) is 8.11. The van der Waals surface area contributed by atoms with E-state index in [1.165, 1.54) is 37.8 Å². The van der Waals surface area contributed by atoms with Gasteiger partial charge in [0, 0.05) is 57.0 Å². The van der Waals surface area contributed by atoms with Gasteiger partial charge >= 0.3 is 11.9 Å². The molecule has 1 fully saturated rings. The third-order valence-corrected chi connectivity index (χ3v) is 7.64. The zero-order valence-electron chi connectivity index (χ0n) is 20.3. The maximum Gasteiger partial charge on any atom is 0.354 e. The molecule has 4 rings (SSSR count). The number of amidine groups is 1. The molecule has 3 N–H and O–H groups in total. The molecule has 0 atom stereocenters. The predicted molar refractivity (Wildman–Crippen MR) is 134 cm³/mol. The summed E-state index contributed by atoms with van der Waals surface area (Å²) in [6.07, 6.45) is 1.80. The van der Waals surface area contributed by atoms with E-state index in [9.17, 15) is 19.2 Å². The smallest absolute Gasteiger partial charge is 0.354 e. The predicted octanol–water partition coefficient (Wildman–Crippen LogP) is -0.0432. The SMILES string of the molecule is COc1ccc(C(=O)NC2=NC(C(=O)NCCN3CCNCC3)=CS23OC(=O)C=CC(=O)O3)cc1OC. The average Bonchev–Trinajstić information content (AvgIpc) is 3.15. The van der Waals surface area contributed by atoms with Gasteiger partial charge in [0.25, 0.3) is 11.8 Å². The molecule has 1 saturated heterocycles. The van der Waals surface area contributed by atoms with Crippen molar-refractivity contribution in [3.63, 3.8) is 0 Å². The Balaban J connectivity index is 1.54. The van der Waals surface area contributed by atoms with Crippen LogP contribution >= 0.6 is 10.6 Å². The van der Waals surface area contributed by atoms with Crippen molar-refractivity contribution in [2.45, 2.75) is 0 Å². The van der Waals surface area contributed by atoms with Gasteiger partial charge < -0.3 is 28.5 Å². The van der Waals surface area contributed by atoms with Crippen molar-refractivity contribution in [3.8, 4) is 11.5 Å². The minimum absolute atomic E-state index is 0.152. The maximum atomic E-state index is 13.1. The zero-order chi connectivity index (χ0) is 26.4. The van der Waals surface area contributed by atoms with Crippen molar-refractivity contribution in [2.24, 2.45) is 4.99 Å². The molecular weight excluding hydrogens is 506 g/mol. The second-order valence-electron chi connectivity index (χ2n) is 7.97. The van der Waals surface area contributed by atoms with Crippen LogP contribution in [0, 0.1) is 0 Å². The number of aliphatic imine (C=N–C) groups is 1. The van der Waals surface area contributed by atoms with E-state index < -0.39 is 34.3 Å². The molecule has 198 valence electrons. The average molecular weight is 534 g/mol. The Morgan fingerprint density at radius 1 is 1.05 bits per heavy atom. The molecule has 0 aliphatic carbocycles. The fourth-order valence-corrected chi connectivity index (χ4v) is 5.60. The van der Waals surface area contributed by atoms with E-state index in [4.69, 9.17) is 17.8 Å². The third kappa shape index (κ3) is 6.10. The van der Waals surface area contributed by atoms with Crippen molar-refractivity contribution >= 4 is 39.5 Å². The number of amides is 2. The summed E-state index contributed by atoms with van der Waals surface area (Å²) in [7, 11) is -0.464. The van der Waals surface area contributed by atoms with Crippen LogP contribution in [0.15, 0.2) is 46.4 Å². The molecule has 3 aliphatic heterocycles. The molecule has 14 heteroatoms. The first-order valence-electron chi connectivity index (χ1n) is 11.4. The summed E-state index contributed by atoms with van der Waals surface area (Å²) >= 11 is 0. The van der Waals surface area contributed by atoms with Gasteiger partial charge in [-0.1, -0.05) is 0 Å². The minimum atomic E-state index is -3.35. The second kappa shape index (κ2) is 11.5. The van der Waals surface area contributed by atoms with Crippen LogP contribution in [0.5, 0.6) is 11.5 Å². The lowest BCUT2D eigenvalue weighted by Crippen LogP contribution is -2.46. The Morgan fingerprint density at radius 3 is 2.38 bits per heavy atom. The largest absolute Gasteiger partial charge is 0.493 e. The Bertz CT molecular complexity index is 1170. The van der Waals surface area contributed by atoms with Crippen LogP contribution < -0.4 is 25.4 Å². The highest BCUT2D eigenvalue weighted by molar-refractivity contribution is 8.41. The van der Waals surface area contributed by atoms with E-state index in [1.54, 1.807) is 0 Å². The molecule has 0 unspecified atom stereocenters. The number of piperazine rings is 1. The van der Waals surface area contributed by atoms with Crippen molar-refractivity contribution in [1.29, 1.82) is 0 Å². The third-order valence-electron chi connectivity index (χ3n) is 5.55. The molecule has 37 heavy (non-hydrogen) atoms. The highest BCUT2D eigenvalue weighted by Crippen LogP contribution is 2.58. The van der Waals surface area contributed by atoms with Crippen LogP contribution in [0.1, 0.15) is 10.4 Å². The molecule has 3 aliphatic rings. The van der Waals surface area contributed by atoms with Crippen LogP contribution in [0.2, 0.25) is 0 Å². The number of ether oxygens (including phenoxy) is 2. The lowest BCUT2D eigenvalue weighted by atomic mass is 10.2. The molecule has 1 aromatic carbocycles. The fourth-order valence-electron chi connectivity index (χ4n) is 3.68. The number of benzene rings is 1. The van der Waals surface area contributed by atoms with E-state index in [0.717, 1.165) is 38.3 Å². The van der Waals surface area contributed by atoms with E-state index in [-0.39, 0.29) is 16.4 Å². The molecule has 0 bridgehead atoms. The van der Waals surface area contributed by atoms with Gasteiger partial charge in [-0.15, -0.1) is 0 Å². The van der Waals surface area contributed by atoms with Crippen LogP contribution in [0.25, 0.3) is 0 Å². The monoisotopic (exact) mass is 533 g/mol. The normalized spacial score (nSPS) is 19.6. The number of hydrogen-bond donors (Lipinski definition) is 3. The van der Waals surface area contributed by atoms with E-state index in [1.807, 2.05) is 0 Å². The molecule has 1 spiro atoms. The maximum absolute atomic E-state index is 13.1. The van der Waals surface area contributed by atoms with Gasteiger partial charge in [-0.05, 0) is 28.8 Å². The summed E-state index contributed by atoms with van der Waals surface area (Å²) < 4.78 is 21.2. The zero-order valence-corrected chi connectivity index (χ0v) is 21.1. The van der Waals surface area contributed by atoms with Crippen molar-refractivity contribution in [1.82, 2.24) is 20.9 Å². The lowest BCUT2D eigenvalue weighted by Gasteiger charge is -2.34. The van der Waals surface area contributed by atoms with Gasteiger partial charge in [0.1, 0.15) is 5.70 Å². The summed E-state index contributed by atoms with van der Waals surface area (Å²) in [4.78, 5) is 56.7. The summed E-state index contributed by atoms with van der Waals surface area (Å²) in [5.41, 5.74) is 0.00800. The molecule has 3 heterocycles. The first-order chi connectivity index (χ1) is 17.8. The summed E-state index contributed by atoms with van der Waals surface area (Å²) in [6, 6.07) is 4.46.